The maximum absolute atomic E-state index is 12.3. The highest BCUT2D eigenvalue weighted by molar-refractivity contribution is 7.89. The lowest BCUT2D eigenvalue weighted by molar-refractivity contribution is -0.913. The number of carbonyl (C=O) groups excluding carboxylic acids is 1. The normalized spacial score (nSPS) is 17.9. The van der Waals surface area contributed by atoms with E-state index in [4.69, 9.17) is 5.14 Å². The highest BCUT2D eigenvalue weighted by Crippen LogP contribution is 2.08. The van der Waals surface area contributed by atoms with Crippen LogP contribution >= 0.6 is 0 Å². The highest BCUT2D eigenvalue weighted by Gasteiger charge is 2.25. The Balaban J connectivity index is 1.79. The van der Waals surface area contributed by atoms with Crippen LogP contribution in [0.2, 0.25) is 0 Å². The molecule has 1 aromatic carbocycles. The quantitative estimate of drug-likeness (QED) is 0.663. The van der Waals surface area contributed by atoms with E-state index in [0.29, 0.717) is 13.0 Å². The summed E-state index contributed by atoms with van der Waals surface area (Å²) in [6, 6.07) is 6.44. The van der Waals surface area contributed by atoms with E-state index in [0.717, 1.165) is 18.7 Å². The molecule has 24 heavy (non-hydrogen) atoms. The van der Waals surface area contributed by atoms with Crippen LogP contribution in [0.25, 0.3) is 0 Å². The lowest BCUT2D eigenvalue weighted by Crippen LogP contribution is -3.16. The molecule has 0 radical (unpaired) electrons. The molecule has 0 aliphatic carbocycles. The number of likely N-dealkylation sites (tertiary alicyclic amines) is 1. The molecule has 0 bridgehead atoms. The zero-order chi connectivity index (χ0) is 17.6. The van der Waals surface area contributed by atoms with Crippen molar-refractivity contribution in [2.75, 3.05) is 19.6 Å². The second kappa shape index (κ2) is 8.60. The third-order valence-electron chi connectivity index (χ3n) is 4.72. The molecule has 6 nitrogen and oxygen atoms in total. The summed E-state index contributed by atoms with van der Waals surface area (Å²) < 4.78 is 22.4. The molecular formula is C17H28N3O3S+. The molecule has 7 heteroatoms. The molecule has 1 amide bonds. The average Bonchev–Trinajstić information content (AvgIpc) is 2.83. The summed E-state index contributed by atoms with van der Waals surface area (Å²) in [5, 5.41) is 8.07. The van der Waals surface area contributed by atoms with E-state index in [9.17, 15) is 13.2 Å². The molecule has 2 rings (SSSR count). The van der Waals surface area contributed by atoms with Crippen LogP contribution in [-0.4, -0.2) is 40.0 Å². The molecular weight excluding hydrogens is 326 g/mol. The van der Waals surface area contributed by atoms with Gasteiger partial charge in [-0.1, -0.05) is 12.1 Å². The molecule has 1 atom stereocenters. The molecule has 4 N–H and O–H groups in total. The van der Waals surface area contributed by atoms with Crippen LogP contribution in [0.3, 0.4) is 0 Å². The maximum atomic E-state index is 12.3. The van der Waals surface area contributed by atoms with Crippen molar-refractivity contribution in [3.8, 4) is 0 Å². The van der Waals surface area contributed by atoms with Crippen molar-refractivity contribution in [2.45, 2.75) is 50.0 Å². The first-order valence-corrected chi connectivity index (χ1v) is 10.2. The lowest BCUT2D eigenvalue weighted by atomic mass is 10.1. The Morgan fingerprint density at radius 2 is 1.75 bits per heavy atom. The largest absolute Gasteiger partial charge is 0.351 e. The Labute approximate surface area is 144 Å². The van der Waals surface area contributed by atoms with Crippen molar-refractivity contribution < 1.29 is 18.1 Å². The van der Waals surface area contributed by atoms with Gasteiger partial charge in [-0.05, 0) is 56.7 Å². The third-order valence-corrected chi connectivity index (χ3v) is 5.65. The highest BCUT2D eigenvalue weighted by atomic mass is 32.2. The Hall–Kier alpha value is -1.44. The molecule has 1 aliphatic rings. The van der Waals surface area contributed by atoms with Gasteiger partial charge in [0.25, 0.3) is 5.91 Å². The van der Waals surface area contributed by atoms with Crippen LogP contribution in [0.4, 0.5) is 0 Å². The first-order chi connectivity index (χ1) is 11.4. The number of carbonyl (C=O) groups is 1. The molecule has 1 fully saturated rings. The zero-order valence-corrected chi connectivity index (χ0v) is 15.1. The van der Waals surface area contributed by atoms with Crippen LogP contribution in [0.5, 0.6) is 0 Å². The molecule has 1 aromatic rings. The minimum absolute atomic E-state index is 0.0205. The number of hydrogen-bond acceptors (Lipinski definition) is 3. The summed E-state index contributed by atoms with van der Waals surface area (Å²) in [5.41, 5.74) is 0.970. The van der Waals surface area contributed by atoms with Crippen molar-refractivity contribution in [3.63, 3.8) is 0 Å². The second-order valence-corrected chi connectivity index (χ2v) is 8.09. The first-order valence-electron chi connectivity index (χ1n) is 8.62. The van der Waals surface area contributed by atoms with Gasteiger partial charge in [-0.3, -0.25) is 4.79 Å². The Morgan fingerprint density at radius 3 is 2.29 bits per heavy atom. The Kier molecular flexibility index (Phi) is 6.77. The molecule has 1 heterocycles. The minimum Gasteiger partial charge on any atom is -0.351 e. The van der Waals surface area contributed by atoms with Gasteiger partial charge in [0.1, 0.15) is 0 Å². The Bertz CT molecular complexity index is 636. The number of nitrogens with two attached hydrogens (primary N) is 1. The van der Waals surface area contributed by atoms with Crippen LogP contribution in [0.15, 0.2) is 29.2 Å². The maximum Gasteiger partial charge on any atom is 0.278 e. The van der Waals surface area contributed by atoms with Crippen molar-refractivity contribution >= 4 is 15.9 Å². The van der Waals surface area contributed by atoms with Crippen molar-refractivity contribution in [1.29, 1.82) is 0 Å². The zero-order valence-electron chi connectivity index (χ0n) is 14.3. The smallest absolute Gasteiger partial charge is 0.278 e. The number of sulfonamides is 1. The van der Waals surface area contributed by atoms with Gasteiger partial charge >= 0.3 is 0 Å². The Morgan fingerprint density at radius 1 is 1.17 bits per heavy atom. The number of hydrogen-bond donors (Lipinski definition) is 3. The SMILES string of the molecule is C[C@H](C(=O)NCCc1ccc(S(N)(=O)=O)cc1)[NH+]1CCCCCC1. The van der Waals surface area contributed by atoms with Gasteiger partial charge in [0.2, 0.25) is 10.0 Å². The van der Waals surface area contributed by atoms with Crippen LogP contribution in [0.1, 0.15) is 38.2 Å². The number of primary sulfonamides is 1. The van der Waals surface area contributed by atoms with Crippen LogP contribution < -0.4 is 15.4 Å². The molecule has 0 unspecified atom stereocenters. The second-order valence-electron chi connectivity index (χ2n) is 6.52. The number of nitrogens with one attached hydrogen (secondary N) is 2. The van der Waals surface area contributed by atoms with Gasteiger partial charge < -0.3 is 10.2 Å². The van der Waals surface area contributed by atoms with E-state index in [1.807, 2.05) is 6.92 Å². The molecule has 1 aliphatic heterocycles. The van der Waals surface area contributed by atoms with Crippen LogP contribution in [0, 0.1) is 0 Å². The summed E-state index contributed by atoms with van der Waals surface area (Å²) in [4.78, 5) is 13.8. The average molecular weight is 354 g/mol. The van der Waals surface area contributed by atoms with Crippen molar-refractivity contribution in [3.05, 3.63) is 29.8 Å². The third kappa shape index (κ3) is 5.58. The number of benzene rings is 1. The predicted octanol–water partition coefficient (Wildman–Crippen LogP) is -0.160. The fourth-order valence-electron chi connectivity index (χ4n) is 3.13. The van der Waals surface area contributed by atoms with Gasteiger partial charge in [0.05, 0.1) is 18.0 Å². The van der Waals surface area contributed by atoms with E-state index in [-0.39, 0.29) is 16.8 Å². The standard InChI is InChI=1S/C17H27N3O3S/c1-14(20-12-4-2-3-5-13-20)17(21)19-11-10-15-6-8-16(9-7-15)24(18,22)23/h6-9,14H,2-5,10-13H2,1H3,(H,19,21)(H2,18,22,23)/p+1/t14-/m1/s1. The number of quaternary nitrogens is 1. The molecule has 134 valence electrons. The lowest BCUT2D eigenvalue weighted by Gasteiger charge is -2.23. The summed E-state index contributed by atoms with van der Waals surface area (Å²) >= 11 is 0. The monoisotopic (exact) mass is 354 g/mol. The minimum atomic E-state index is -3.65. The number of amides is 1. The van der Waals surface area contributed by atoms with Gasteiger partial charge in [-0.15, -0.1) is 0 Å². The molecule has 1 saturated heterocycles. The predicted molar refractivity (Wildman–Crippen MR) is 93.2 cm³/mol. The molecule has 0 saturated carbocycles. The molecule has 0 aromatic heterocycles. The fourth-order valence-corrected chi connectivity index (χ4v) is 3.65. The summed E-state index contributed by atoms with van der Waals surface area (Å²) in [6.07, 6.45) is 5.60. The van der Waals surface area contributed by atoms with E-state index in [1.54, 1.807) is 12.1 Å². The van der Waals surface area contributed by atoms with Crippen LogP contribution in [-0.2, 0) is 21.2 Å². The van der Waals surface area contributed by atoms with E-state index >= 15 is 0 Å². The summed E-state index contributed by atoms with van der Waals surface area (Å²) in [7, 11) is -3.65. The van der Waals surface area contributed by atoms with Gasteiger partial charge in [0.15, 0.2) is 6.04 Å². The van der Waals surface area contributed by atoms with Gasteiger partial charge in [-0.2, -0.15) is 0 Å². The fraction of sp³-hybridized carbons (Fsp3) is 0.588. The van der Waals surface area contributed by atoms with Crippen molar-refractivity contribution in [1.82, 2.24) is 5.32 Å². The van der Waals surface area contributed by atoms with E-state index in [2.05, 4.69) is 5.32 Å². The molecule has 0 spiro atoms. The van der Waals surface area contributed by atoms with E-state index < -0.39 is 10.0 Å². The van der Waals surface area contributed by atoms with Gasteiger partial charge in [-0.25, -0.2) is 13.6 Å². The van der Waals surface area contributed by atoms with Gasteiger partial charge in [0, 0.05) is 6.54 Å². The van der Waals surface area contributed by atoms with E-state index in [1.165, 1.54) is 42.7 Å². The first kappa shape index (κ1) is 18.9. The summed E-state index contributed by atoms with van der Waals surface area (Å²) in [5.74, 6) is 0.0908. The number of rotatable bonds is 6. The topological polar surface area (TPSA) is 93.7 Å². The van der Waals surface area contributed by atoms with Crippen molar-refractivity contribution in [2.24, 2.45) is 5.14 Å². The summed E-state index contributed by atoms with van der Waals surface area (Å²) in [6.45, 7) is 4.69.